The Balaban J connectivity index is 2.97. The number of carboxylic acids is 1. The van der Waals surface area contributed by atoms with E-state index >= 15 is 0 Å². The molecule has 0 bridgehead atoms. The van der Waals surface area contributed by atoms with E-state index in [1.54, 1.807) is 17.0 Å². The smallest absolute Gasteiger partial charge is 0.335 e. The molecule has 4 nitrogen and oxygen atoms in total. The maximum absolute atomic E-state index is 10.9. The molecule has 16 heavy (non-hydrogen) atoms. The number of hydrogen-bond donors (Lipinski definition) is 2. The van der Waals surface area contributed by atoms with E-state index in [-0.39, 0.29) is 5.56 Å². The maximum atomic E-state index is 10.9. The van der Waals surface area contributed by atoms with Crippen molar-refractivity contribution in [3.05, 3.63) is 29.3 Å². The number of hydrogen-bond acceptors (Lipinski definition) is 2. The molecule has 5 heteroatoms. The van der Waals surface area contributed by atoms with Gasteiger partial charge in [-0.05, 0) is 42.9 Å². The first kappa shape index (κ1) is 12.4. The first-order chi connectivity index (χ1) is 7.40. The summed E-state index contributed by atoms with van der Waals surface area (Å²) in [5, 5.41) is 12.4. The van der Waals surface area contributed by atoms with Crippen LogP contribution in [0.25, 0.3) is 0 Å². The monoisotopic (exact) mass is 238 g/mol. The lowest BCUT2D eigenvalue weighted by atomic mass is 10.1. The highest BCUT2D eigenvalue weighted by atomic mass is 32.1. The van der Waals surface area contributed by atoms with Gasteiger partial charge in [-0.3, -0.25) is 0 Å². The van der Waals surface area contributed by atoms with E-state index in [9.17, 15) is 4.79 Å². The number of anilines is 1. The van der Waals surface area contributed by atoms with Crippen molar-refractivity contribution in [2.45, 2.75) is 6.92 Å². The second-order valence-electron chi connectivity index (χ2n) is 3.72. The quantitative estimate of drug-likeness (QED) is 0.771. The summed E-state index contributed by atoms with van der Waals surface area (Å²) in [5.41, 5.74) is 1.82. The van der Waals surface area contributed by atoms with Crippen LogP contribution >= 0.6 is 12.2 Å². The normalized spacial score (nSPS) is 9.69. The van der Waals surface area contributed by atoms with Crippen LogP contribution in [0, 0.1) is 6.92 Å². The lowest BCUT2D eigenvalue weighted by Gasteiger charge is -2.16. The van der Waals surface area contributed by atoms with E-state index < -0.39 is 5.97 Å². The summed E-state index contributed by atoms with van der Waals surface area (Å²) >= 11 is 5.08. The Morgan fingerprint density at radius 2 is 2.00 bits per heavy atom. The van der Waals surface area contributed by atoms with Crippen LogP contribution in [-0.2, 0) is 0 Å². The summed E-state index contributed by atoms with van der Waals surface area (Å²) in [5.74, 6) is -0.942. The molecule has 0 aliphatic carbocycles. The molecule has 0 aliphatic heterocycles. The summed E-state index contributed by atoms with van der Waals surface area (Å²) in [6.07, 6.45) is 0. The molecule has 0 aliphatic rings. The molecule has 86 valence electrons. The van der Waals surface area contributed by atoms with Crippen LogP contribution < -0.4 is 5.32 Å². The molecule has 0 fully saturated rings. The van der Waals surface area contributed by atoms with Crippen LogP contribution in [0.3, 0.4) is 0 Å². The largest absolute Gasteiger partial charge is 0.478 e. The number of nitrogens with one attached hydrogen (secondary N) is 1. The van der Waals surface area contributed by atoms with Crippen molar-refractivity contribution in [2.75, 3.05) is 19.4 Å². The third-order valence-electron chi connectivity index (χ3n) is 1.98. The number of rotatable bonds is 2. The zero-order chi connectivity index (χ0) is 12.3. The molecule has 0 saturated heterocycles. The average Bonchev–Trinajstić information content (AvgIpc) is 2.16. The number of nitrogens with zero attached hydrogens (tertiary/aromatic N) is 1. The van der Waals surface area contributed by atoms with Gasteiger partial charge in [-0.2, -0.15) is 0 Å². The molecule has 0 spiro atoms. The van der Waals surface area contributed by atoms with Gasteiger partial charge < -0.3 is 15.3 Å². The number of benzene rings is 1. The zero-order valence-electron chi connectivity index (χ0n) is 9.44. The van der Waals surface area contributed by atoms with E-state index in [1.807, 2.05) is 27.1 Å². The molecule has 0 saturated carbocycles. The Kier molecular flexibility index (Phi) is 3.84. The summed E-state index contributed by atoms with van der Waals surface area (Å²) in [6.45, 7) is 1.84. The van der Waals surface area contributed by atoms with Crippen LogP contribution in [0.2, 0.25) is 0 Å². The SMILES string of the molecule is Cc1cc(NC(=S)N(C)C)cc(C(=O)O)c1. The lowest BCUT2D eigenvalue weighted by molar-refractivity contribution is 0.0697. The fourth-order valence-corrected chi connectivity index (χ4v) is 1.33. The molecule has 0 unspecified atom stereocenters. The molecule has 0 radical (unpaired) electrons. The number of aromatic carboxylic acids is 1. The summed E-state index contributed by atoms with van der Waals surface area (Å²) in [6, 6.07) is 5.03. The predicted molar refractivity (Wildman–Crippen MR) is 68.0 cm³/mol. The molecular weight excluding hydrogens is 224 g/mol. The Morgan fingerprint density at radius 1 is 1.38 bits per heavy atom. The van der Waals surface area contributed by atoms with Crippen molar-refractivity contribution in [3.8, 4) is 0 Å². The van der Waals surface area contributed by atoms with Gasteiger partial charge in [0.25, 0.3) is 0 Å². The van der Waals surface area contributed by atoms with Crippen molar-refractivity contribution in [1.82, 2.24) is 4.90 Å². The van der Waals surface area contributed by atoms with Gasteiger partial charge in [-0.25, -0.2) is 4.79 Å². The maximum Gasteiger partial charge on any atom is 0.335 e. The third kappa shape index (κ3) is 3.20. The Hall–Kier alpha value is -1.62. The first-order valence-electron chi connectivity index (χ1n) is 4.73. The van der Waals surface area contributed by atoms with E-state index in [0.29, 0.717) is 10.8 Å². The van der Waals surface area contributed by atoms with Gasteiger partial charge in [-0.1, -0.05) is 0 Å². The van der Waals surface area contributed by atoms with E-state index in [0.717, 1.165) is 5.56 Å². The van der Waals surface area contributed by atoms with Crippen molar-refractivity contribution in [2.24, 2.45) is 0 Å². The molecule has 2 N–H and O–H groups in total. The lowest BCUT2D eigenvalue weighted by Crippen LogP contribution is -2.27. The minimum Gasteiger partial charge on any atom is -0.478 e. The molecule has 1 aromatic rings. The van der Waals surface area contributed by atoms with Gasteiger partial charge in [-0.15, -0.1) is 0 Å². The van der Waals surface area contributed by atoms with Crippen molar-refractivity contribution < 1.29 is 9.90 Å². The molecule has 1 aromatic carbocycles. The number of carboxylic acid groups (broad SMARTS) is 1. The molecular formula is C11H14N2O2S. The Bertz CT molecular complexity index is 430. The van der Waals surface area contributed by atoms with Gasteiger partial charge in [0.2, 0.25) is 0 Å². The van der Waals surface area contributed by atoms with E-state index in [1.165, 1.54) is 0 Å². The molecule has 0 heterocycles. The molecule has 1 rings (SSSR count). The van der Waals surface area contributed by atoms with Gasteiger partial charge in [0, 0.05) is 19.8 Å². The fourth-order valence-electron chi connectivity index (χ4n) is 1.21. The minimum atomic E-state index is -0.942. The fraction of sp³-hybridized carbons (Fsp3) is 0.273. The highest BCUT2D eigenvalue weighted by Gasteiger charge is 2.06. The highest BCUT2D eigenvalue weighted by molar-refractivity contribution is 7.80. The molecule has 0 amide bonds. The second-order valence-corrected chi connectivity index (χ2v) is 4.10. The van der Waals surface area contributed by atoms with Crippen molar-refractivity contribution in [1.29, 1.82) is 0 Å². The standard InChI is InChI=1S/C11H14N2O2S/c1-7-4-8(10(14)15)6-9(5-7)12-11(16)13(2)3/h4-6H,1-3H3,(H,12,16)(H,14,15). The van der Waals surface area contributed by atoms with Crippen LogP contribution in [0.5, 0.6) is 0 Å². The van der Waals surface area contributed by atoms with Crippen LogP contribution in [0.1, 0.15) is 15.9 Å². The Labute approximate surface area is 99.9 Å². The molecule has 0 atom stereocenters. The molecule has 0 aromatic heterocycles. The van der Waals surface area contributed by atoms with Gasteiger partial charge in [0.15, 0.2) is 5.11 Å². The Morgan fingerprint density at radius 3 is 2.50 bits per heavy atom. The number of thiocarbonyl (C=S) groups is 1. The van der Waals surface area contributed by atoms with Gasteiger partial charge in [0.1, 0.15) is 0 Å². The van der Waals surface area contributed by atoms with Crippen LogP contribution in [0.15, 0.2) is 18.2 Å². The van der Waals surface area contributed by atoms with E-state index in [2.05, 4.69) is 5.32 Å². The number of carbonyl (C=O) groups is 1. The summed E-state index contributed by atoms with van der Waals surface area (Å²) in [4.78, 5) is 12.6. The summed E-state index contributed by atoms with van der Waals surface area (Å²) in [7, 11) is 3.65. The second kappa shape index (κ2) is 4.94. The van der Waals surface area contributed by atoms with Crippen molar-refractivity contribution >= 4 is 29.0 Å². The van der Waals surface area contributed by atoms with Gasteiger partial charge >= 0.3 is 5.97 Å². The topological polar surface area (TPSA) is 52.6 Å². The van der Waals surface area contributed by atoms with Crippen LogP contribution in [0.4, 0.5) is 5.69 Å². The van der Waals surface area contributed by atoms with Crippen LogP contribution in [-0.4, -0.2) is 35.2 Å². The predicted octanol–water partition coefficient (Wildman–Crippen LogP) is 1.95. The number of aryl methyl sites for hydroxylation is 1. The van der Waals surface area contributed by atoms with Crippen molar-refractivity contribution in [3.63, 3.8) is 0 Å². The highest BCUT2D eigenvalue weighted by Crippen LogP contribution is 2.15. The van der Waals surface area contributed by atoms with E-state index in [4.69, 9.17) is 17.3 Å². The average molecular weight is 238 g/mol. The van der Waals surface area contributed by atoms with Gasteiger partial charge in [0.05, 0.1) is 5.56 Å². The summed E-state index contributed by atoms with van der Waals surface area (Å²) < 4.78 is 0. The zero-order valence-corrected chi connectivity index (χ0v) is 10.3. The third-order valence-corrected chi connectivity index (χ3v) is 2.45. The first-order valence-corrected chi connectivity index (χ1v) is 5.14. The minimum absolute atomic E-state index is 0.254.